The summed E-state index contributed by atoms with van der Waals surface area (Å²) in [6, 6.07) is 4.88. The minimum Gasteiger partial charge on any atom is -0.440 e. The van der Waals surface area contributed by atoms with Gasteiger partial charge in [-0.05, 0) is 136 Å². The number of carbonyl (C=O) groups is 2. The van der Waals surface area contributed by atoms with Gasteiger partial charge in [-0.25, -0.2) is 4.79 Å². The molecule has 1 aromatic rings. The highest BCUT2D eigenvalue weighted by Crippen LogP contribution is 2.79. The van der Waals surface area contributed by atoms with E-state index in [0.717, 1.165) is 68.5 Å². The third-order valence-electron chi connectivity index (χ3n) is 17.1. The van der Waals surface area contributed by atoms with Crippen molar-refractivity contribution < 1.29 is 32.6 Å². The lowest BCUT2D eigenvalue weighted by Crippen LogP contribution is -2.67. The number of aliphatic hydroxyl groups is 1. The van der Waals surface area contributed by atoms with E-state index < -0.39 is 39.7 Å². The van der Waals surface area contributed by atoms with E-state index in [9.17, 15) is 27.9 Å². The number of ketones is 1. The first-order chi connectivity index (χ1) is 23.6. The Balaban J connectivity index is 1.04. The molecule has 50 heavy (non-hydrogen) atoms. The van der Waals surface area contributed by atoms with Gasteiger partial charge in [-0.2, -0.15) is 13.2 Å². The Morgan fingerprint density at radius 3 is 2.28 bits per heavy atom. The molecule has 1 heterocycles. The van der Waals surface area contributed by atoms with Gasteiger partial charge in [0.2, 0.25) is 0 Å². The van der Waals surface area contributed by atoms with Crippen molar-refractivity contribution in [1.82, 2.24) is 4.90 Å². The molecule has 8 atom stereocenters. The third kappa shape index (κ3) is 3.95. The molecule has 10 aliphatic carbocycles. The number of ether oxygens (including phenoxy) is 1. The summed E-state index contributed by atoms with van der Waals surface area (Å²) in [7, 11) is 0. The van der Waals surface area contributed by atoms with Crippen molar-refractivity contribution >= 4 is 11.9 Å². The molecule has 6 bridgehead atoms. The number of benzene rings is 1. The summed E-state index contributed by atoms with van der Waals surface area (Å²) < 4.78 is 48.3. The predicted molar refractivity (Wildman–Crippen MR) is 181 cm³/mol. The topological polar surface area (TPSA) is 66.8 Å². The van der Waals surface area contributed by atoms with Gasteiger partial charge in [0, 0.05) is 33.9 Å². The van der Waals surface area contributed by atoms with Gasteiger partial charge >= 0.3 is 12.3 Å². The molecule has 1 aromatic carbocycles. The Morgan fingerprint density at radius 2 is 1.58 bits per heavy atom. The largest absolute Gasteiger partial charge is 0.440 e. The maximum absolute atomic E-state index is 14.8. The number of nitrogens with zero attached hydrogens (tertiary/aromatic N) is 1. The van der Waals surface area contributed by atoms with Gasteiger partial charge in [0.25, 0.3) is 0 Å². The molecule has 3 spiro atoms. The Morgan fingerprint density at radius 1 is 0.920 bits per heavy atom. The molecule has 8 unspecified atom stereocenters. The van der Waals surface area contributed by atoms with Crippen LogP contribution >= 0.6 is 0 Å². The highest BCUT2D eigenvalue weighted by molar-refractivity contribution is 6.10. The highest BCUT2D eigenvalue weighted by atomic mass is 19.4. The summed E-state index contributed by atoms with van der Waals surface area (Å²) in [4.78, 5) is 30.8. The second kappa shape index (κ2) is 9.87. The quantitative estimate of drug-likeness (QED) is 0.253. The number of amides is 1. The van der Waals surface area contributed by atoms with Crippen molar-refractivity contribution in [2.75, 3.05) is 13.1 Å². The van der Waals surface area contributed by atoms with E-state index in [0.29, 0.717) is 25.0 Å². The van der Waals surface area contributed by atoms with Crippen LogP contribution in [0.2, 0.25) is 0 Å². The van der Waals surface area contributed by atoms with Crippen molar-refractivity contribution in [2.45, 2.75) is 115 Å². The lowest BCUT2D eigenvalue weighted by atomic mass is 9.32. The van der Waals surface area contributed by atoms with Gasteiger partial charge < -0.3 is 14.7 Å². The molecule has 0 aromatic heterocycles. The van der Waals surface area contributed by atoms with Crippen LogP contribution in [0.5, 0.6) is 0 Å². The van der Waals surface area contributed by atoms with Gasteiger partial charge in [0.05, 0.1) is 18.2 Å². The smallest absolute Gasteiger partial charge is 0.416 e. The van der Waals surface area contributed by atoms with Crippen molar-refractivity contribution in [2.24, 2.45) is 56.7 Å². The van der Waals surface area contributed by atoms with E-state index in [2.05, 4.69) is 37.0 Å². The van der Waals surface area contributed by atoms with Gasteiger partial charge in [0.15, 0.2) is 5.78 Å². The maximum atomic E-state index is 14.8. The molecule has 12 rings (SSSR count). The average Bonchev–Trinajstić information content (AvgIpc) is 3.53. The average molecular weight is 690 g/mol. The molecule has 1 N–H and O–H groups in total. The van der Waals surface area contributed by atoms with E-state index in [-0.39, 0.29) is 40.1 Å². The molecule has 8 fully saturated rings. The first-order valence-corrected chi connectivity index (χ1v) is 19.5. The van der Waals surface area contributed by atoms with Crippen LogP contribution in [-0.4, -0.2) is 46.7 Å². The molecule has 268 valence electrons. The number of aliphatic hydroxyl groups excluding tert-OH is 1. The van der Waals surface area contributed by atoms with Crippen LogP contribution in [-0.2, 0) is 10.9 Å². The Kier molecular flexibility index (Phi) is 6.33. The van der Waals surface area contributed by atoms with E-state index in [1.54, 1.807) is 0 Å². The van der Waals surface area contributed by atoms with Gasteiger partial charge in [-0.15, -0.1) is 0 Å². The second-order valence-electron chi connectivity index (χ2n) is 19.3. The number of halogens is 3. The SMILES string of the molecule is CC12CCC(O)CC13C=CC1(C(C(=O)c4cccc(C(F)(F)F)c4)=C3)C2CCC2(C)C1CCC21CN(CC23CC4CC(CC(C4)C2)C3)C(=O)O1. The van der Waals surface area contributed by atoms with Gasteiger partial charge in [-0.1, -0.05) is 44.2 Å². The molecule has 7 saturated carbocycles. The van der Waals surface area contributed by atoms with Crippen LogP contribution in [0, 0.1) is 56.7 Å². The zero-order valence-corrected chi connectivity index (χ0v) is 29.4. The molecule has 8 heteroatoms. The molecule has 1 saturated heterocycles. The lowest BCUT2D eigenvalue weighted by molar-refractivity contribution is -0.164. The standard InChI is InChI=1S/C42H50F3NO4/c1-36-9-6-30(47)21-39(36)12-13-41(31(22-39)34(48)28-4-3-5-29(17-28)42(43,44)45)32(36)7-10-37(2)33(41)8-11-40(37)24-46(35(49)50-40)23-38-18-25-14-26(19-38)16-27(15-25)20-38/h3-5,12-13,17,22,25-27,30,32-33,47H,6-11,14-16,18-21,23-24H2,1-2H3. The fourth-order valence-electron chi connectivity index (χ4n) is 15.4. The summed E-state index contributed by atoms with van der Waals surface area (Å²) in [5.41, 5.74) is -2.46. The number of allylic oxidation sites excluding steroid dienone is 4. The number of alkyl halides is 3. The van der Waals surface area contributed by atoms with E-state index >= 15 is 0 Å². The Hall–Kier alpha value is -2.61. The molecular weight excluding hydrogens is 639 g/mol. The van der Waals surface area contributed by atoms with E-state index in [1.807, 2.05) is 0 Å². The van der Waals surface area contributed by atoms with Crippen LogP contribution in [0.3, 0.4) is 0 Å². The molecular formula is C42H50F3NO4. The van der Waals surface area contributed by atoms with Crippen LogP contribution in [0.25, 0.3) is 0 Å². The zero-order valence-electron chi connectivity index (χ0n) is 29.4. The summed E-state index contributed by atoms with van der Waals surface area (Å²) in [6.07, 6.45) is 14.4. The number of fused-ring (bicyclic) bond motifs is 2. The molecule has 1 amide bonds. The highest BCUT2D eigenvalue weighted by Gasteiger charge is 2.76. The first-order valence-electron chi connectivity index (χ1n) is 19.5. The molecule has 11 aliphatic rings. The monoisotopic (exact) mass is 689 g/mol. The first kappa shape index (κ1) is 32.1. The number of Topliss-reactive ketones (excluding diaryl/α,β-unsaturated/α-hetero) is 1. The maximum Gasteiger partial charge on any atom is 0.416 e. The summed E-state index contributed by atoms with van der Waals surface area (Å²) >= 11 is 0. The van der Waals surface area contributed by atoms with E-state index in [1.165, 1.54) is 50.7 Å². The lowest BCUT2D eigenvalue weighted by Gasteiger charge is -2.71. The fraction of sp³-hybridized carbons (Fsp3) is 0.714. The van der Waals surface area contributed by atoms with E-state index in [4.69, 9.17) is 4.74 Å². The van der Waals surface area contributed by atoms with Gasteiger partial charge in [0.1, 0.15) is 5.60 Å². The Labute approximate surface area is 293 Å². The molecule has 0 radical (unpaired) electrons. The summed E-state index contributed by atoms with van der Waals surface area (Å²) in [5.74, 6) is 2.14. The number of rotatable bonds is 4. The van der Waals surface area contributed by atoms with Crippen LogP contribution < -0.4 is 0 Å². The number of hydrogen-bond acceptors (Lipinski definition) is 4. The zero-order chi connectivity index (χ0) is 34.7. The van der Waals surface area contributed by atoms with Crippen LogP contribution in [0.15, 0.2) is 48.1 Å². The second-order valence-corrected chi connectivity index (χ2v) is 19.3. The minimum absolute atomic E-state index is 0.0136. The van der Waals surface area contributed by atoms with Gasteiger partial charge in [-0.3, -0.25) is 4.79 Å². The van der Waals surface area contributed by atoms with Crippen LogP contribution in [0.1, 0.15) is 113 Å². The number of carbonyl (C=O) groups excluding carboxylic acids is 2. The van der Waals surface area contributed by atoms with Crippen molar-refractivity contribution in [3.63, 3.8) is 0 Å². The number of hydrogen-bond donors (Lipinski definition) is 1. The third-order valence-corrected chi connectivity index (χ3v) is 17.1. The predicted octanol–water partition coefficient (Wildman–Crippen LogP) is 9.16. The van der Waals surface area contributed by atoms with Crippen LogP contribution in [0.4, 0.5) is 18.0 Å². The summed E-state index contributed by atoms with van der Waals surface area (Å²) in [6.45, 7) is 5.99. The molecule has 5 nitrogen and oxygen atoms in total. The normalized spacial score (nSPS) is 49.5. The molecule has 1 aliphatic heterocycles. The van der Waals surface area contributed by atoms with Crippen molar-refractivity contribution in [3.05, 3.63) is 59.2 Å². The summed E-state index contributed by atoms with van der Waals surface area (Å²) in [5, 5.41) is 11.0. The minimum atomic E-state index is -4.56. The van der Waals surface area contributed by atoms with Crippen molar-refractivity contribution in [3.8, 4) is 0 Å². The fourth-order valence-corrected chi connectivity index (χ4v) is 15.4. The van der Waals surface area contributed by atoms with Crippen molar-refractivity contribution in [1.29, 1.82) is 0 Å². The Bertz CT molecular complexity index is 1710.